The summed E-state index contributed by atoms with van der Waals surface area (Å²) in [5.74, 6) is 0.785. The molecule has 0 amide bonds. The Kier molecular flexibility index (Phi) is 1.63. The molecule has 0 aliphatic carbocycles. The molecule has 1 N–H and O–H groups in total. The van der Waals surface area contributed by atoms with E-state index in [0.717, 1.165) is 11.5 Å². The molecule has 0 fully saturated rings. The van der Waals surface area contributed by atoms with E-state index in [0.29, 0.717) is 0 Å². The summed E-state index contributed by atoms with van der Waals surface area (Å²) in [5, 5.41) is 10.0. The predicted octanol–water partition coefficient (Wildman–Crippen LogP) is 1.44. The summed E-state index contributed by atoms with van der Waals surface area (Å²) >= 11 is 0. The van der Waals surface area contributed by atoms with Gasteiger partial charge >= 0.3 is 0 Å². The number of allylic oxidation sites excluding steroid dienone is 2. The number of aliphatic hydroxyl groups is 1. The van der Waals surface area contributed by atoms with Gasteiger partial charge < -0.3 is 5.11 Å². The van der Waals surface area contributed by atoms with Gasteiger partial charge in [-0.1, -0.05) is 12.2 Å². The topological polar surface area (TPSA) is 38.0 Å². The van der Waals surface area contributed by atoms with Crippen LogP contribution in [0.15, 0.2) is 24.4 Å². The van der Waals surface area contributed by atoms with Gasteiger partial charge in [-0.25, -0.2) is 4.98 Å². The van der Waals surface area contributed by atoms with Gasteiger partial charge in [-0.15, -0.1) is 0 Å². The molecule has 3 nitrogen and oxygen atoms in total. The zero-order valence-corrected chi connectivity index (χ0v) is 7.73. The lowest BCUT2D eigenvalue weighted by Crippen LogP contribution is -2.26. The number of hydrogen-bond donors (Lipinski definition) is 1. The van der Waals surface area contributed by atoms with Crippen molar-refractivity contribution >= 4 is 6.08 Å². The van der Waals surface area contributed by atoms with Gasteiger partial charge in [0, 0.05) is 6.20 Å². The van der Waals surface area contributed by atoms with Crippen LogP contribution in [0.25, 0.3) is 6.08 Å². The third-order valence-corrected chi connectivity index (χ3v) is 2.11. The van der Waals surface area contributed by atoms with Crippen molar-refractivity contribution in [3.8, 4) is 0 Å². The molecule has 1 aliphatic heterocycles. The first kappa shape index (κ1) is 8.26. The smallest absolute Gasteiger partial charge is 0.159 e. The molecule has 0 radical (unpaired) electrons. The Balaban J connectivity index is 2.63. The standard InChI is InChI=1S/C10H12N2O/c1-8-7-12-9(11-8)5-3-4-6-10(12,2)13/h3-7,13H,1-2H3. The Bertz CT molecular complexity index is 386. The molecule has 3 heteroatoms. The summed E-state index contributed by atoms with van der Waals surface area (Å²) in [5.41, 5.74) is -0.0599. The molecule has 1 aliphatic rings. The van der Waals surface area contributed by atoms with Crippen LogP contribution in [0.5, 0.6) is 0 Å². The average molecular weight is 176 g/mol. The van der Waals surface area contributed by atoms with Crippen LogP contribution in [0.2, 0.25) is 0 Å². The lowest BCUT2D eigenvalue weighted by Gasteiger charge is -2.21. The lowest BCUT2D eigenvalue weighted by molar-refractivity contribution is 0.0334. The van der Waals surface area contributed by atoms with E-state index in [1.807, 2.05) is 31.3 Å². The predicted molar refractivity (Wildman–Crippen MR) is 51.0 cm³/mol. The van der Waals surface area contributed by atoms with Gasteiger partial charge in [-0.3, -0.25) is 4.57 Å². The first-order chi connectivity index (χ1) is 6.09. The highest BCUT2D eigenvalue weighted by Gasteiger charge is 2.22. The molecule has 0 spiro atoms. The van der Waals surface area contributed by atoms with Crippen LogP contribution in [0.1, 0.15) is 18.4 Å². The van der Waals surface area contributed by atoms with Crippen LogP contribution in [-0.4, -0.2) is 14.7 Å². The van der Waals surface area contributed by atoms with Crippen LogP contribution in [0.3, 0.4) is 0 Å². The lowest BCUT2D eigenvalue weighted by atomic mass is 10.2. The Morgan fingerprint density at radius 1 is 1.46 bits per heavy atom. The number of imidazole rings is 1. The molecule has 1 aromatic heterocycles. The van der Waals surface area contributed by atoms with Gasteiger partial charge in [0.05, 0.1) is 5.69 Å². The van der Waals surface area contributed by atoms with Crippen molar-refractivity contribution in [2.24, 2.45) is 0 Å². The summed E-state index contributed by atoms with van der Waals surface area (Å²) in [6.45, 7) is 3.65. The first-order valence-electron chi connectivity index (χ1n) is 4.24. The van der Waals surface area contributed by atoms with E-state index >= 15 is 0 Å². The molecule has 2 rings (SSSR count). The molecule has 0 saturated heterocycles. The van der Waals surface area contributed by atoms with Gasteiger partial charge in [0.15, 0.2) is 5.72 Å². The van der Waals surface area contributed by atoms with Crippen molar-refractivity contribution < 1.29 is 5.11 Å². The summed E-state index contributed by atoms with van der Waals surface area (Å²) in [6, 6.07) is 0. The van der Waals surface area contributed by atoms with Crippen LogP contribution in [0, 0.1) is 6.92 Å². The highest BCUT2D eigenvalue weighted by molar-refractivity contribution is 5.46. The molecule has 0 bridgehead atoms. The van der Waals surface area contributed by atoms with E-state index in [2.05, 4.69) is 4.98 Å². The quantitative estimate of drug-likeness (QED) is 0.649. The van der Waals surface area contributed by atoms with E-state index in [1.165, 1.54) is 0 Å². The molecule has 1 atom stereocenters. The highest BCUT2D eigenvalue weighted by Crippen LogP contribution is 2.21. The van der Waals surface area contributed by atoms with Crippen molar-refractivity contribution in [2.75, 3.05) is 0 Å². The van der Waals surface area contributed by atoms with Crippen molar-refractivity contribution in [1.82, 2.24) is 9.55 Å². The van der Waals surface area contributed by atoms with E-state index in [4.69, 9.17) is 0 Å². The van der Waals surface area contributed by atoms with Gasteiger partial charge in [-0.05, 0) is 26.0 Å². The number of nitrogens with zero attached hydrogens (tertiary/aromatic N) is 2. The molecule has 68 valence electrons. The number of fused-ring (bicyclic) bond motifs is 1. The van der Waals surface area contributed by atoms with E-state index in [-0.39, 0.29) is 0 Å². The second-order valence-electron chi connectivity index (χ2n) is 3.42. The third-order valence-electron chi connectivity index (χ3n) is 2.11. The van der Waals surface area contributed by atoms with Gasteiger partial charge in [-0.2, -0.15) is 0 Å². The molecule has 0 saturated carbocycles. The van der Waals surface area contributed by atoms with Crippen LogP contribution in [-0.2, 0) is 5.72 Å². The number of aromatic nitrogens is 2. The van der Waals surface area contributed by atoms with Gasteiger partial charge in [0.25, 0.3) is 0 Å². The van der Waals surface area contributed by atoms with Crippen molar-refractivity contribution in [2.45, 2.75) is 19.6 Å². The summed E-state index contributed by atoms with van der Waals surface area (Å²) in [6.07, 6.45) is 9.16. The molecular weight excluding hydrogens is 164 g/mol. The molecule has 0 aromatic carbocycles. The fraction of sp³-hybridized carbons (Fsp3) is 0.300. The molecule has 13 heavy (non-hydrogen) atoms. The zero-order valence-electron chi connectivity index (χ0n) is 7.73. The Morgan fingerprint density at radius 2 is 2.23 bits per heavy atom. The van der Waals surface area contributed by atoms with E-state index in [9.17, 15) is 5.11 Å². The van der Waals surface area contributed by atoms with Crippen molar-refractivity contribution in [1.29, 1.82) is 0 Å². The first-order valence-corrected chi connectivity index (χ1v) is 4.24. The minimum atomic E-state index is -0.972. The fourth-order valence-corrected chi connectivity index (χ4v) is 1.46. The highest BCUT2D eigenvalue weighted by atomic mass is 16.3. The second kappa shape index (κ2) is 2.57. The third kappa shape index (κ3) is 1.31. The normalized spacial score (nSPS) is 25.8. The van der Waals surface area contributed by atoms with E-state index < -0.39 is 5.72 Å². The maximum atomic E-state index is 10.0. The van der Waals surface area contributed by atoms with Crippen LogP contribution < -0.4 is 0 Å². The maximum absolute atomic E-state index is 10.0. The van der Waals surface area contributed by atoms with Crippen LogP contribution >= 0.6 is 0 Å². The minimum Gasteiger partial charge on any atom is -0.367 e. The average Bonchev–Trinajstić information content (AvgIpc) is 2.36. The minimum absolute atomic E-state index is 0.785. The Labute approximate surface area is 77.0 Å². The molecular formula is C10H12N2O. The largest absolute Gasteiger partial charge is 0.367 e. The molecule has 2 heterocycles. The maximum Gasteiger partial charge on any atom is 0.159 e. The summed E-state index contributed by atoms with van der Waals surface area (Å²) in [4.78, 5) is 4.28. The van der Waals surface area contributed by atoms with E-state index in [1.54, 1.807) is 17.6 Å². The SMILES string of the molecule is Cc1cn2c(n1)C=CC=CC2(C)O. The number of hydrogen-bond acceptors (Lipinski definition) is 2. The second-order valence-corrected chi connectivity index (χ2v) is 3.42. The monoisotopic (exact) mass is 176 g/mol. The number of aryl methyl sites for hydroxylation is 1. The van der Waals surface area contributed by atoms with Crippen molar-refractivity contribution in [3.05, 3.63) is 35.9 Å². The summed E-state index contributed by atoms with van der Waals surface area (Å²) < 4.78 is 1.75. The Hall–Kier alpha value is -1.35. The zero-order chi connectivity index (χ0) is 9.47. The Morgan fingerprint density at radius 3 is 3.00 bits per heavy atom. The molecule has 1 unspecified atom stereocenters. The summed E-state index contributed by atoms with van der Waals surface area (Å²) in [7, 11) is 0. The van der Waals surface area contributed by atoms with Crippen LogP contribution in [0.4, 0.5) is 0 Å². The van der Waals surface area contributed by atoms with Gasteiger partial charge in [0.2, 0.25) is 0 Å². The van der Waals surface area contributed by atoms with Gasteiger partial charge in [0.1, 0.15) is 5.82 Å². The van der Waals surface area contributed by atoms with Crippen molar-refractivity contribution in [3.63, 3.8) is 0 Å². The molecule has 1 aromatic rings. The fourth-order valence-electron chi connectivity index (χ4n) is 1.46. The number of rotatable bonds is 0.